The van der Waals surface area contributed by atoms with Crippen molar-refractivity contribution in [2.45, 2.75) is 38.8 Å². The van der Waals surface area contributed by atoms with Crippen LogP contribution in [0.15, 0.2) is 24.3 Å². The SMILES string of the molecule is Cc1cccc(Cc2nsc(C(N)CC(C)N)n2)c1. The number of rotatable bonds is 5. The molecule has 2 rings (SSSR count). The zero-order valence-corrected chi connectivity index (χ0v) is 12.2. The molecule has 2 atom stereocenters. The van der Waals surface area contributed by atoms with Gasteiger partial charge in [0.2, 0.25) is 0 Å². The largest absolute Gasteiger partial charge is 0.328 e. The van der Waals surface area contributed by atoms with E-state index in [-0.39, 0.29) is 12.1 Å². The van der Waals surface area contributed by atoms with Crippen LogP contribution in [0.4, 0.5) is 0 Å². The lowest BCUT2D eigenvalue weighted by atomic mass is 10.1. The van der Waals surface area contributed by atoms with Crippen molar-refractivity contribution in [3.05, 3.63) is 46.2 Å². The van der Waals surface area contributed by atoms with Gasteiger partial charge in [0.1, 0.15) is 10.8 Å². The second-order valence-electron chi connectivity index (χ2n) is 5.03. The zero-order valence-electron chi connectivity index (χ0n) is 11.3. The van der Waals surface area contributed by atoms with Crippen molar-refractivity contribution in [2.75, 3.05) is 0 Å². The number of nitrogens with two attached hydrogens (primary N) is 2. The third-order valence-electron chi connectivity index (χ3n) is 2.87. The van der Waals surface area contributed by atoms with Gasteiger partial charge in [-0.3, -0.25) is 0 Å². The Morgan fingerprint density at radius 1 is 1.32 bits per heavy atom. The molecule has 1 aromatic heterocycles. The fraction of sp³-hybridized carbons (Fsp3) is 0.429. The van der Waals surface area contributed by atoms with Crippen LogP contribution in [0.2, 0.25) is 0 Å². The molecule has 0 fully saturated rings. The number of hydrogen-bond donors (Lipinski definition) is 2. The number of nitrogens with zero attached hydrogens (tertiary/aromatic N) is 2. The topological polar surface area (TPSA) is 77.8 Å². The molecule has 0 aliphatic carbocycles. The first-order chi connectivity index (χ1) is 9.04. The Balaban J connectivity index is 2.05. The molecule has 0 saturated heterocycles. The molecule has 0 spiro atoms. The molecule has 19 heavy (non-hydrogen) atoms. The lowest BCUT2D eigenvalue weighted by Gasteiger charge is -2.09. The first-order valence-electron chi connectivity index (χ1n) is 6.44. The molecule has 1 heterocycles. The average molecular weight is 276 g/mol. The molecule has 4 nitrogen and oxygen atoms in total. The molecule has 2 unspecified atom stereocenters. The van der Waals surface area contributed by atoms with Crippen LogP contribution in [0.5, 0.6) is 0 Å². The molecule has 0 radical (unpaired) electrons. The van der Waals surface area contributed by atoms with E-state index in [1.165, 1.54) is 22.7 Å². The summed E-state index contributed by atoms with van der Waals surface area (Å²) in [5.41, 5.74) is 14.3. The quantitative estimate of drug-likeness (QED) is 0.877. The van der Waals surface area contributed by atoms with Crippen molar-refractivity contribution < 1.29 is 0 Å². The van der Waals surface area contributed by atoms with Gasteiger partial charge in [-0.1, -0.05) is 29.8 Å². The van der Waals surface area contributed by atoms with Crippen LogP contribution in [-0.4, -0.2) is 15.4 Å². The van der Waals surface area contributed by atoms with Gasteiger partial charge in [0.25, 0.3) is 0 Å². The molecule has 1 aromatic carbocycles. The molecule has 4 N–H and O–H groups in total. The minimum Gasteiger partial charge on any atom is -0.328 e. The highest BCUT2D eigenvalue weighted by Crippen LogP contribution is 2.19. The maximum Gasteiger partial charge on any atom is 0.147 e. The summed E-state index contributed by atoms with van der Waals surface area (Å²) in [5, 5.41) is 0.875. The van der Waals surface area contributed by atoms with Gasteiger partial charge in [0.15, 0.2) is 0 Å². The van der Waals surface area contributed by atoms with E-state index in [9.17, 15) is 0 Å². The van der Waals surface area contributed by atoms with E-state index in [1.807, 2.05) is 6.92 Å². The number of hydrogen-bond acceptors (Lipinski definition) is 5. The highest BCUT2D eigenvalue weighted by molar-refractivity contribution is 7.05. The summed E-state index contributed by atoms with van der Waals surface area (Å²) in [5.74, 6) is 0.839. The van der Waals surface area contributed by atoms with Crippen LogP contribution >= 0.6 is 11.5 Å². The Hall–Kier alpha value is -1.30. The third kappa shape index (κ3) is 4.09. The third-order valence-corrected chi connectivity index (χ3v) is 3.75. The molecule has 5 heteroatoms. The predicted octanol–water partition coefficient (Wildman–Crippen LogP) is 2.17. The van der Waals surface area contributed by atoms with E-state index < -0.39 is 0 Å². The minimum atomic E-state index is -0.108. The van der Waals surface area contributed by atoms with Gasteiger partial charge >= 0.3 is 0 Å². The van der Waals surface area contributed by atoms with Crippen LogP contribution in [0.25, 0.3) is 0 Å². The number of benzene rings is 1. The van der Waals surface area contributed by atoms with Gasteiger partial charge in [0.05, 0.1) is 6.04 Å². The van der Waals surface area contributed by atoms with Crippen LogP contribution in [0, 0.1) is 6.92 Å². The van der Waals surface area contributed by atoms with E-state index in [4.69, 9.17) is 11.5 Å². The van der Waals surface area contributed by atoms with E-state index >= 15 is 0 Å². The monoisotopic (exact) mass is 276 g/mol. The van der Waals surface area contributed by atoms with Crippen molar-refractivity contribution in [3.8, 4) is 0 Å². The molecule has 0 amide bonds. The normalized spacial score (nSPS) is 14.3. The Morgan fingerprint density at radius 3 is 2.79 bits per heavy atom. The van der Waals surface area contributed by atoms with Crippen molar-refractivity contribution in [3.63, 3.8) is 0 Å². The second-order valence-corrected chi connectivity index (χ2v) is 5.82. The van der Waals surface area contributed by atoms with E-state index in [0.29, 0.717) is 0 Å². The summed E-state index contributed by atoms with van der Waals surface area (Å²) in [4.78, 5) is 4.52. The van der Waals surface area contributed by atoms with Gasteiger partial charge < -0.3 is 11.5 Å². The lowest BCUT2D eigenvalue weighted by molar-refractivity contribution is 0.565. The molecule has 0 aliphatic rings. The summed E-state index contributed by atoms with van der Waals surface area (Å²) in [6, 6.07) is 8.36. The number of aryl methyl sites for hydroxylation is 1. The molecule has 102 valence electrons. The van der Waals surface area contributed by atoms with Crippen molar-refractivity contribution in [1.29, 1.82) is 0 Å². The van der Waals surface area contributed by atoms with Crippen molar-refractivity contribution >= 4 is 11.5 Å². The Kier molecular flexibility index (Phi) is 4.63. The number of aromatic nitrogens is 2. The Labute approximate surface area is 118 Å². The van der Waals surface area contributed by atoms with Gasteiger partial charge in [-0.05, 0) is 37.4 Å². The van der Waals surface area contributed by atoms with Crippen LogP contribution < -0.4 is 11.5 Å². The van der Waals surface area contributed by atoms with E-state index in [1.54, 1.807) is 0 Å². The second kappa shape index (κ2) is 6.23. The van der Waals surface area contributed by atoms with Gasteiger partial charge in [-0.2, -0.15) is 4.37 Å². The fourth-order valence-corrected chi connectivity index (χ4v) is 2.68. The summed E-state index contributed by atoms with van der Waals surface area (Å²) >= 11 is 1.38. The zero-order chi connectivity index (χ0) is 13.8. The fourth-order valence-electron chi connectivity index (χ4n) is 2.00. The lowest BCUT2D eigenvalue weighted by Crippen LogP contribution is -2.23. The highest BCUT2D eigenvalue weighted by atomic mass is 32.1. The average Bonchev–Trinajstić information content (AvgIpc) is 2.76. The molecule has 0 bridgehead atoms. The first kappa shape index (κ1) is 14.1. The summed E-state index contributed by atoms with van der Waals surface area (Å²) < 4.78 is 4.38. The maximum atomic E-state index is 6.05. The Morgan fingerprint density at radius 2 is 2.11 bits per heavy atom. The van der Waals surface area contributed by atoms with Gasteiger partial charge in [-0.25, -0.2) is 4.98 Å². The summed E-state index contributed by atoms with van der Waals surface area (Å²) in [6.45, 7) is 4.04. The summed E-state index contributed by atoms with van der Waals surface area (Å²) in [7, 11) is 0. The molecular weight excluding hydrogens is 256 g/mol. The standard InChI is InChI=1S/C14H20N4S/c1-9-4-3-5-11(6-9)8-13-17-14(19-18-13)12(16)7-10(2)15/h3-6,10,12H,7-8,15-16H2,1-2H3. The first-order valence-corrected chi connectivity index (χ1v) is 7.21. The van der Waals surface area contributed by atoms with Gasteiger partial charge in [-0.15, -0.1) is 0 Å². The van der Waals surface area contributed by atoms with Gasteiger partial charge in [0, 0.05) is 12.5 Å². The molecule has 2 aromatic rings. The van der Waals surface area contributed by atoms with Crippen molar-refractivity contribution in [2.24, 2.45) is 11.5 Å². The van der Waals surface area contributed by atoms with E-state index in [2.05, 4.69) is 40.5 Å². The van der Waals surface area contributed by atoms with E-state index in [0.717, 1.165) is 23.7 Å². The van der Waals surface area contributed by atoms with Crippen molar-refractivity contribution in [1.82, 2.24) is 9.36 Å². The van der Waals surface area contributed by atoms with Crippen LogP contribution in [-0.2, 0) is 6.42 Å². The molecule has 0 aliphatic heterocycles. The van der Waals surface area contributed by atoms with Crippen LogP contribution in [0.3, 0.4) is 0 Å². The highest BCUT2D eigenvalue weighted by Gasteiger charge is 2.14. The predicted molar refractivity (Wildman–Crippen MR) is 79.1 cm³/mol. The summed E-state index contributed by atoms with van der Waals surface area (Å²) in [6.07, 6.45) is 1.49. The maximum absolute atomic E-state index is 6.05. The Bertz CT molecular complexity index is 536. The van der Waals surface area contributed by atoms with Crippen LogP contribution in [0.1, 0.15) is 41.3 Å². The smallest absolute Gasteiger partial charge is 0.147 e. The molecule has 0 saturated carbocycles. The molecular formula is C14H20N4S. The minimum absolute atomic E-state index is 0.0825.